The number of amides is 1. The van der Waals surface area contributed by atoms with Crippen LogP contribution in [0.4, 0.5) is 0 Å². The Kier molecular flexibility index (Phi) is 3.93. The molecular formula is C14H18ClNO2. The predicted molar refractivity (Wildman–Crippen MR) is 71.5 cm³/mol. The first-order valence-corrected chi connectivity index (χ1v) is 6.52. The predicted octanol–water partition coefficient (Wildman–Crippen LogP) is 2.73. The van der Waals surface area contributed by atoms with Crippen LogP contribution in [0.2, 0.25) is 5.02 Å². The summed E-state index contributed by atoms with van der Waals surface area (Å²) in [6.45, 7) is 2.41. The van der Waals surface area contributed by atoms with E-state index < -0.39 is 5.60 Å². The molecule has 1 fully saturated rings. The van der Waals surface area contributed by atoms with Crippen molar-refractivity contribution < 1.29 is 9.53 Å². The smallest absolute Gasteiger partial charge is 0.223 e. The Morgan fingerprint density at radius 2 is 2.28 bits per heavy atom. The second-order valence-electron chi connectivity index (χ2n) is 4.94. The van der Waals surface area contributed by atoms with Crippen molar-refractivity contribution in [3.8, 4) is 0 Å². The second kappa shape index (κ2) is 5.29. The highest BCUT2D eigenvalue weighted by molar-refractivity contribution is 6.30. The Balaban J connectivity index is 2.06. The maximum Gasteiger partial charge on any atom is 0.223 e. The molecule has 3 nitrogen and oxygen atoms in total. The van der Waals surface area contributed by atoms with Gasteiger partial charge in [0.05, 0.1) is 6.54 Å². The molecule has 0 unspecified atom stereocenters. The molecule has 0 spiro atoms. The summed E-state index contributed by atoms with van der Waals surface area (Å²) in [6.07, 6.45) is 2.01. The topological polar surface area (TPSA) is 38.3 Å². The average Bonchev–Trinajstić information content (AvgIpc) is 3.20. The highest BCUT2D eigenvalue weighted by atomic mass is 35.5. The number of halogens is 1. The summed E-state index contributed by atoms with van der Waals surface area (Å²) < 4.78 is 5.56. The summed E-state index contributed by atoms with van der Waals surface area (Å²) in [5.74, 6) is 0.339. The van der Waals surface area contributed by atoms with Gasteiger partial charge in [-0.1, -0.05) is 23.7 Å². The van der Waals surface area contributed by atoms with Crippen molar-refractivity contribution in [1.82, 2.24) is 5.32 Å². The lowest BCUT2D eigenvalue weighted by Gasteiger charge is -2.29. The minimum atomic E-state index is -0.546. The van der Waals surface area contributed by atoms with Gasteiger partial charge in [-0.25, -0.2) is 0 Å². The summed E-state index contributed by atoms with van der Waals surface area (Å²) in [4.78, 5) is 11.7. The standard InChI is InChI=1S/C14H18ClNO2/c1-14(18-2,9-16-13(17)10-6-7-10)11-4-3-5-12(15)8-11/h3-5,8,10H,6-7,9H2,1-2H3,(H,16,17)/t14-/m1/s1. The van der Waals surface area contributed by atoms with Crippen molar-refractivity contribution in [3.05, 3.63) is 34.9 Å². The third-order valence-electron chi connectivity index (χ3n) is 3.43. The van der Waals surface area contributed by atoms with Gasteiger partial charge in [0, 0.05) is 18.1 Å². The summed E-state index contributed by atoms with van der Waals surface area (Å²) in [5.41, 5.74) is 0.420. The number of carbonyl (C=O) groups is 1. The van der Waals surface area contributed by atoms with Gasteiger partial charge in [-0.2, -0.15) is 0 Å². The van der Waals surface area contributed by atoms with Gasteiger partial charge < -0.3 is 10.1 Å². The van der Waals surface area contributed by atoms with E-state index in [0.29, 0.717) is 11.6 Å². The van der Waals surface area contributed by atoms with Crippen LogP contribution in [0.25, 0.3) is 0 Å². The van der Waals surface area contributed by atoms with E-state index >= 15 is 0 Å². The third-order valence-corrected chi connectivity index (χ3v) is 3.67. The van der Waals surface area contributed by atoms with E-state index in [1.165, 1.54) is 0 Å². The lowest BCUT2D eigenvalue weighted by molar-refractivity contribution is -0.123. The highest BCUT2D eigenvalue weighted by Gasteiger charge is 2.32. The monoisotopic (exact) mass is 267 g/mol. The minimum absolute atomic E-state index is 0.125. The molecular weight excluding hydrogens is 250 g/mol. The molecule has 0 radical (unpaired) electrons. The number of benzene rings is 1. The fourth-order valence-electron chi connectivity index (χ4n) is 1.86. The van der Waals surface area contributed by atoms with E-state index in [4.69, 9.17) is 16.3 Å². The molecule has 1 aliphatic rings. The Morgan fingerprint density at radius 1 is 1.56 bits per heavy atom. The van der Waals surface area contributed by atoms with E-state index in [2.05, 4.69) is 5.32 Å². The first kappa shape index (κ1) is 13.4. The van der Waals surface area contributed by atoms with E-state index in [0.717, 1.165) is 18.4 Å². The molecule has 1 saturated carbocycles. The molecule has 18 heavy (non-hydrogen) atoms. The first-order valence-electron chi connectivity index (χ1n) is 6.14. The summed E-state index contributed by atoms with van der Waals surface area (Å²) in [7, 11) is 1.64. The zero-order chi connectivity index (χ0) is 13.2. The van der Waals surface area contributed by atoms with Crippen LogP contribution >= 0.6 is 11.6 Å². The van der Waals surface area contributed by atoms with Gasteiger partial charge in [0.2, 0.25) is 5.91 Å². The molecule has 0 bridgehead atoms. The minimum Gasteiger partial charge on any atom is -0.372 e. The number of nitrogens with one attached hydrogen (secondary N) is 1. The molecule has 1 N–H and O–H groups in total. The maximum atomic E-state index is 11.7. The molecule has 0 heterocycles. The Labute approximate surface area is 112 Å². The van der Waals surface area contributed by atoms with Crippen LogP contribution in [-0.4, -0.2) is 19.6 Å². The zero-order valence-corrected chi connectivity index (χ0v) is 11.5. The molecule has 1 aliphatic carbocycles. The van der Waals surface area contributed by atoms with Crippen LogP contribution in [0.5, 0.6) is 0 Å². The van der Waals surface area contributed by atoms with Gasteiger partial charge in [0.25, 0.3) is 0 Å². The number of hydrogen-bond acceptors (Lipinski definition) is 2. The lowest BCUT2D eigenvalue weighted by Crippen LogP contribution is -2.40. The molecule has 0 aliphatic heterocycles. The van der Waals surface area contributed by atoms with Gasteiger partial charge in [0.1, 0.15) is 5.60 Å². The van der Waals surface area contributed by atoms with Crippen LogP contribution in [0, 0.1) is 5.92 Å². The Bertz CT molecular complexity index is 445. The van der Waals surface area contributed by atoms with Gasteiger partial charge in [0.15, 0.2) is 0 Å². The quantitative estimate of drug-likeness (QED) is 0.891. The van der Waals surface area contributed by atoms with Crippen molar-refractivity contribution in [1.29, 1.82) is 0 Å². The van der Waals surface area contributed by atoms with E-state index in [-0.39, 0.29) is 11.8 Å². The molecule has 0 saturated heterocycles. The largest absolute Gasteiger partial charge is 0.372 e. The lowest BCUT2D eigenvalue weighted by atomic mass is 9.95. The molecule has 2 rings (SSSR count). The number of carbonyl (C=O) groups excluding carboxylic acids is 1. The van der Waals surface area contributed by atoms with Crippen LogP contribution in [0.15, 0.2) is 24.3 Å². The van der Waals surface area contributed by atoms with Crippen LogP contribution in [0.1, 0.15) is 25.3 Å². The Hall–Kier alpha value is -1.06. The Morgan fingerprint density at radius 3 is 2.83 bits per heavy atom. The van der Waals surface area contributed by atoms with Crippen LogP contribution < -0.4 is 5.32 Å². The molecule has 1 amide bonds. The van der Waals surface area contributed by atoms with E-state index in [9.17, 15) is 4.79 Å². The van der Waals surface area contributed by atoms with Crippen LogP contribution in [-0.2, 0) is 15.1 Å². The second-order valence-corrected chi connectivity index (χ2v) is 5.37. The fraction of sp³-hybridized carbons (Fsp3) is 0.500. The number of rotatable bonds is 5. The summed E-state index contributed by atoms with van der Waals surface area (Å²) >= 11 is 5.99. The number of ether oxygens (including phenoxy) is 1. The van der Waals surface area contributed by atoms with Gasteiger partial charge in [-0.15, -0.1) is 0 Å². The van der Waals surface area contributed by atoms with Crippen molar-refractivity contribution in [2.24, 2.45) is 5.92 Å². The molecule has 4 heteroatoms. The molecule has 1 aromatic rings. The number of hydrogen-bond donors (Lipinski definition) is 1. The van der Waals surface area contributed by atoms with Crippen molar-refractivity contribution in [2.75, 3.05) is 13.7 Å². The van der Waals surface area contributed by atoms with Gasteiger partial charge in [-0.3, -0.25) is 4.79 Å². The number of methoxy groups -OCH3 is 1. The molecule has 1 atom stereocenters. The normalized spacial score (nSPS) is 18.2. The summed E-state index contributed by atoms with van der Waals surface area (Å²) in [5, 5.41) is 3.62. The molecule has 0 aromatic heterocycles. The summed E-state index contributed by atoms with van der Waals surface area (Å²) in [6, 6.07) is 7.54. The van der Waals surface area contributed by atoms with Gasteiger partial charge >= 0.3 is 0 Å². The van der Waals surface area contributed by atoms with E-state index in [1.807, 2.05) is 31.2 Å². The van der Waals surface area contributed by atoms with E-state index in [1.54, 1.807) is 7.11 Å². The first-order chi connectivity index (χ1) is 8.55. The SMILES string of the molecule is CO[C@](C)(CNC(=O)C1CC1)c1cccc(Cl)c1. The van der Waals surface area contributed by atoms with Gasteiger partial charge in [-0.05, 0) is 37.5 Å². The van der Waals surface area contributed by atoms with Crippen molar-refractivity contribution in [2.45, 2.75) is 25.4 Å². The molecule has 1 aromatic carbocycles. The zero-order valence-electron chi connectivity index (χ0n) is 10.7. The van der Waals surface area contributed by atoms with Crippen molar-refractivity contribution >= 4 is 17.5 Å². The van der Waals surface area contributed by atoms with Crippen molar-refractivity contribution in [3.63, 3.8) is 0 Å². The fourth-order valence-corrected chi connectivity index (χ4v) is 2.05. The third kappa shape index (κ3) is 3.03. The average molecular weight is 268 g/mol. The van der Waals surface area contributed by atoms with Crippen LogP contribution in [0.3, 0.4) is 0 Å². The molecule has 98 valence electrons. The maximum absolute atomic E-state index is 11.7. The highest BCUT2D eigenvalue weighted by Crippen LogP contribution is 2.30.